The lowest BCUT2D eigenvalue weighted by molar-refractivity contribution is 0.812. The van der Waals surface area contributed by atoms with Crippen LogP contribution in [0.25, 0.3) is 0 Å². The van der Waals surface area contributed by atoms with Gasteiger partial charge in [-0.25, -0.2) is 0 Å². The van der Waals surface area contributed by atoms with Gasteiger partial charge in [0.15, 0.2) is 0 Å². The molecular formula is C13H19NS. The minimum Gasteiger partial charge on any atom is -0.381 e. The Labute approximate surface area is 96.7 Å². The van der Waals surface area contributed by atoms with Crippen LogP contribution in [0.15, 0.2) is 24.3 Å². The molecule has 0 spiro atoms. The fourth-order valence-electron chi connectivity index (χ4n) is 1.85. The highest BCUT2D eigenvalue weighted by Gasteiger charge is 2.14. The van der Waals surface area contributed by atoms with E-state index in [0.717, 1.165) is 0 Å². The maximum Gasteiger partial charge on any atom is 0.0359 e. The van der Waals surface area contributed by atoms with Crippen LogP contribution in [0.2, 0.25) is 0 Å². The Morgan fingerprint density at radius 1 is 1.27 bits per heavy atom. The predicted molar refractivity (Wildman–Crippen MR) is 69.9 cm³/mol. The summed E-state index contributed by atoms with van der Waals surface area (Å²) in [6.07, 6.45) is 1.30. The van der Waals surface area contributed by atoms with E-state index in [0.29, 0.717) is 12.0 Å². The van der Waals surface area contributed by atoms with E-state index in [1.807, 2.05) is 11.8 Å². The summed E-state index contributed by atoms with van der Waals surface area (Å²) in [5, 5.41) is 3.59. The SMILES string of the molecule is CC(C)c1ccc(N[C@@H]2CCSC2)cc1. The highest BCUT2D eigenvalue weighted by atomic mass is 32.2. The number of benzene rings is 1. The first-order valence-corrected chi connectivity index (χ1v) is 6.85. The van der Waals surface area contributed by atoms with Crippen LogP contribution in [-0.4, -0.2) is 17.5 Å². The first kappa shape index (κ1) is 10.9. The quantitative estimate of drug-likeness (QED) is 0.834. The zero-order valence-corrected chi connectivity index (χ0v) is 10.3. The van der Waals surface area contributed by atoms with Crippen molar-refractivity contribution in [2.24, 2.45) is 0 Å². The number of nitrogens with one attached hydrogen (secondary N) is 1. The van der Waals surface area contributed by atoms with Gasteiger partial charge in [0.25, 0.3) is 0 Å². The van der Waals surface area contributed by atoms with Gasteiger partial charge < -0.3 is 5.32 Å². The van der Waals surface area contributed by atoms with Crippen molar-refractivity contribution in [3.05, 3.63) is 29.8 Å². The molecule has 2 rings (SSSR count). The smallest absolute Gasteiger partial charge is 0.0359 e. The second-order valence-electron chi connectivity index (χ2n) is 4.48. The molecule has 2 heteroatoms. The third kappa shape index (κ3) is 2.91. The highest BCUT2D eigenvalue weighted by Crippen LogP contribution is 2.22. The van der Waals surface area contributed by atoms with Crippen LogP contribution < -0.4 is 5.32 Å². The van der Waals surface area contributed by atoms with Gasteiger partial charge in [-0.1, -0.05) is 26.0 Å². The van der Waals surface area contributed by atoms with E-state index < -0.39 is 0 Å². The molecule has 15 heavy (non-hydrogen) atoms. The van der Waals surface area contributed by atoms with Gasteiger partial charge in [0.05, 0.1) is 0 Å². The van der Waals surface area contributed by atoms with Gasteiger partial charge in [-0.05, 0) is 35.8 Å². The van der Waals surface area contributed by atoms with Crippen LogP contribution >= 0.6 is 11.8 Å². The van der Waals surface area contributed by atoms with Crippen LogP contribution in [0.1, 0.15) is 31.7 Å². The van der Waals surface area contributed by atoms with E-state index in [4.69, 9.17) is 0 Å². The topological polar surface area (TPSA) is 12.0 Å². The Morgan fingerprint density at radius 2 is 2.00 bits per heavy atom. The monoisotopic (exact) mass is 221 g/mol. The van der Waals surface area contributed by atoms with E-state index in [9.17, 15) is 0 Å². The van der Waals surface area contributed by atoms with Gasteiger partial charge in [-0.2, -0.15) is 11.8 Å². The molecule has 0 aliphatic carbocycles. The minimum absolute atomic E-state index is 0.626. The van der Waals surface area contributed by atoms with Crippen molar-refractivity contribution in [3.63, 3.8) is 0 Å². The molecule has 0 amide bonds. The third-order valence-electron chi connectivity index (χ3n) is 2.88. The lowest BCUT2D eigenvalue weighted by Gasteiger charge is -2.13. The summed E-state index contributed by atoms with van der Waals surface area (Å²) >= 11 is 2.05. The van der Waals surface area contributed by atoms with E-state index in [1.54, 1.807) is 0 Å². The van der Waals surface area contributed by atoms with E-state index >= 15 is 0 Å². The molecule has 0 bridgehead atoms. The summed E-state index contributed by atoms with van der Waals surface area (Å²) in [7, 11) is 0. The molecule has 82 valence electrons. The second kappa shape index (κ2) is 4.93. The van der Waals surface area contributed by atoms with Crippen molar-refractivity contribution in [1.29, 1.82) is 0 Å². The van der Waals surface area contributed by atoms with E-state index in [2.05, 4.69) is 43.4 Å². The van der Waals surface area contributed by atoms with Crippen LogP contribution in [0.4, 0.5) is 5.69 Å². The molecule has 1 aliphatic heterocycles. The first-order valence-electron chi connectivity index (χ1n) is 5.70. The summed E-state index contributed by atoms with van der Waals surface area (Å²) in [6.45, 7) is 4.46. The largest absolute Gasteiger partial charge is 0.381 e. The van der Waals surface area contributed by atoms with Crippen LogP contribution in [-0.2, 0) is 0 Å². The summed E-state index contributed by atoms with van der Waals surface area (Å²) in [5.41, 5.74) is 2.69. The highest BCUT2D eigenvalue weighted by molar-refractivity contribution is 7.99. The number of hydrogen-bond acceptors (Lipinski definition) is 2. The lowest BCUT2D eigenvalue weighted by atomic mass is 10.0. The Bertz CT molecular complexity index is 299. The van der Waals surface area contributed by atoms with Gasteiger partial charge in [-0.3, -0.25) is 0 Å². The molecule has 1 fully saturated rings. The summed E-state index contributed by atoms with van der Waals surface area (Å²) in [6, 6.07) is 9.56. The zero-order valence-electron chi connectivity index (χ0n) is 9.49. The standard InChI is InChI=1S/C13H19NS/c1-10(2)11-3-5-12(6-4-11)14-13-7-8-15-9-13/h3-6,10,13-14H,7-9H2,1-2H3/t13-/m1/s1. The summed E-state index contributed by atoms with van der Waals surface area (Å²) in [5.74, 6) is 3.19. The minimum atomic E-state index is 0.626. The first-order chi connectivity index (χ1) is 7.25. The van der Waals surface area contributed by atoms with Crippen molar-refractivity contribution >= 4 is 17.4 Å². The van der Waals surface area contributed by atoms with Gasteiger partial charge in [0.2, 0.25) is 0 Å². The summed E-state index contributed by atoms with van der Waals surface area (Å²) < 4.78 is 0. The molecule has 0 saturated carbocycles. The van der Waals surface area contributed by atoms with Gasteiger partial charge in [-0.15, -0.1) is 0 Å². The molecule has 1 N–H and O–H groups in total. The molecule has 1 aliphatic rings. The Balaban J connectivity index is 1.97. The molecule has 0 unspecified atom stereocenters. The zero-order chi connectivity index (χ0) is 10.7. The molecule has 1 aromatic carbocycles. The normalized spacial score (nSPS) is 20.9. The second-order valence-corrected chi connectivity index (χ2v) is 5.63. The lowest BCUT2D eigenvalue weighted by Crippen LogP contribution is -2.17. The van der Waals surface area contributed by atoms with E-state index in [1.165, 1.54) is 29.2 Å². The number of anilines is 1. The molecule has 0 aromatic heterocycles. The molecule has 1 saturated heterocycles. The maximum atomic E-state index is 3.59. The van der Waals surface area contributed by atoms with Crippen LogP contribution in [0.3, 0.4) is 0 Å². The van der Waals surface area contributed by atoms with Crippen molar-refractivity contribution in [1.82, 2.24) is 0 Å². The average molecular weight is 221 g/mol. The maximum absolute atomic E-state index is 3.59. The summed E-state index contributed by atoms with van der Waals surface area (Å²) in [4.78, 5) is 0. The third-order valence-corrected chi connectivity index (χ3v) is 4.04. The molecule has 1 aromatic rings. The van der Waals surface area contributed by atoms with E-state index in [-0.39, 0.29) is 0 Å². The predicted octanol–water partition coefficient (Wildman–Crippen LogP) is 3.73. The van der Waals surface area contributed by atoms with Crippen molar-refractivity contribution in [3.8, 4) is 0 Å². The Kier molecular flexibility index (Phi) is 3.57. The molecular weight excluding hydrogens is 202 g/mol. The fraction of sp³-hybridized carbons (Fsp3) is 0.538. The van der Waals surface area contributed by atoms with Crippen molar-refractivity contribution in [2.75, 3.05) is 16.8 Å². The number of thioether (sulfide) groups is 1. The Hall–Kier alpha value is -0.630. The molecule has 1 nitrogen and oxygen atoms in total. The van der Waals surface area contributed by atoms with Crippen molar-refractivity contribution < 1.29 is 0 Å². The number of rotatable bonds is 3. The van der Waals surface area contributed by atoms with Crippen LogP contribution in [0.5, 0.6) is 0 Å². The van der Waals surface area contributed by atoms with Gasteiger partial charge in [0, 0.05) is 17.5 Å². The van der Waals surface area contributed by atoms with Gasteiger partial charge >= 0.3 is 0 Å². The molecule has 1 heterocycles. The fourth-order valence-corrected chi connectivity index (χ4v) is 3.00. The molecule has 1 atom stereocenters. The van der Waals surface area contributed by atoms with Crippen molar-refractivity contribution in [2.45, 2.75) is 32.2 Å². The number of hydrogen-bond donors (Lipinski definition) is 1. The Morgan fingerprint density at radius 3 is 2.53 bits per heavy atom. The van der Waals surface area contributed by atoms with Crippen LogP contribution in [0, 0.1) is 0 Å². The molecule has 0 radical (unpaired) electrons. The average Bonchev–Trinajstić information content (AvgIpc) is 2.71. The van der Waals surface area contributed by atoms with Gasteiger partial charge in [0.1, 0.15) is 0 Å².